The van der Waals surface area contributed by atoms with Gasteiger partial charge in [-0.05, 0) is 49.2 Å². The minimum absolute atomic E-state index is 0.0137. The molecular formula is C27H37N5O3. The topological polar surface area (TPSA) is 86.8 Å². The number of anilines is 2. The second-order valence-electron chi connectivity index (χ2n) is 9.49. The molecule has 4 rings (SSSR count). The normalized spacial score (nSPS) is 22.4. The largest absolute Gasteiger partial charge is 0.379 e. The molecule has 1 saturated heterocycles. The van der Waals surface area contributed by atoms with Crippen molar-refractivity contribution in [3.8, 4) is 0 Å². The minimum atomic E-state index is -0.104. The van der Waals surface area contributed by atoms with Crippen molar-refractivity contribution in [2.45, 2.75) is 46.2 Å². The predicted molar refractivity (Wildman–Crippen MR) is 138 cm³/mol. The molecule has 188 valence electrons. The molecule has 2 N–H and O–H groups in total. The summed E-state index contributed by atoms with van der Waals surface area (Å²) in [6.07, 6.45) is 0.837. The molecule has 8 heteroatoms. The quantitative estimate of drug-likeness (QED) is 0.633. The maximum atomic E-state index is 13.0. The Morgan fingerprint density at radius 2 is 1.94 bits per heavy atom. The third kappa shape index (κ3) is 5.65. The highest BCUT2D eigenvalue weighted by molar-refractivity contribution is 5.98. The number of nitrogens with zero attached hydrogens (tertiary/aromatic N) is 3. The molecule has 2 aliphatic heterocycles. The average molecular weight is 480 g/mol. The standard InChI is InChI=1S/C27H37N5O3/c1-5-23-19(3)26(30-25-8-6-7-18(2)29-25)22-17-21(9-10-24(22)32(23)20(4)33)27(34)28-11-12-31-13-15-35-16-14-31/h6-10,17,19,23,26H,5,11-16H2,1-4H3,(H,28,34)(H,29,30). The Kier molecular flexibility index (Phi) is 8.03. The zero-order chi connectivity index (χ0) is 24.9. The monoisotopic (exact) mass is 479 g/mol. The number of pyridine rings is 1. The number of hydrogen-bond donors (Lipinski definition) is 2. The number of carbonyl (C=O) groups excluding carboxylic acids is 2. The van der Waals surface area contributed by atoms with Crippen molar-refractivity contribution < 1.29 is 14.3 Å². The zero-order valence-electron chi connectivity index (χ0n) is 21.2. The Morgan fingerprint density at radius 3 is 2.63 bits per heavy atom. The predicted octanol–water partition coefficient (Wildman–Crippen LogP) is 3.39. The van der Waals surface area contributed by atoms with Crippen molar-refractivity contribution in [2.75, 3.05) is 49.6 Å². The van der Waals surface area contributed by atoms with Crippen LogP contribution >= 0.6 is 0 Å². The molecule has 1 aromatic carbocycles. The summed E-state index contributed by atoms with van der Waals surface area (Å²) in [6, 6.07) is 11.6. The lowest BCUT2D eigenvalue weighted by Gasteiger charge is -2.45. The smallest absolute Gasteiger partial charge is 0.251 e. The van der Waals surface area contributed by atoms with Gasteiger partial charge in [0.1, 0.15) is 5.82 Å². The molecule has 35 heavy (non-hydrogen) atoms. The van der Waals surface area contributed by atoms with Crippen molar-refractivity contribution in [2.24, 2.45) is 5.92 Å². The first-order valence-electron chi connectivity index (χ1n) is 12.6. The molecule has 0 bridgehead atoms. The van der Waals surface area contributed by atoms with Gasteiger partial charge in [-0.3, -0.25) is 14.5 Å². The van der Waals surface area contributed by atoms with Gasteiger partial charge in [0, 0.05) is 62.0 Å². The number of morpholine rings is 1. The Hall–Kier alpha value is -2.97. The van der Waals surface area contributed by atoms with Gasteiger partial charge in [-0.2, -0.15) is 0 Å². The van der Waals surface area contributed by atoms with E-state index in [4.69, 9.17) is 4.74 Å². The number of aromatic nitrogens is 1. The molecule has 2 aromatic rings. The van der Waals surface area contributed by atoms with Crippen LogP contribution in [0.15, 0.2) is 36.4 Å². The molecule has 3 heterocycles. The van der Waals surface area contributed by atoms with E-state index in [2.05, 4.69) is 34.4 Å². The van der Waals surface area contributed by atoms with E-state index in [1.165, 1.54) is 0 Å². The first kappa shape index (κ1) is 25.1. The molecule has 2 aliphatic rings. The fourth-order valence-corrected chi connectivity index (χ4v) is 5.29. The van der Waals surface area contributed by atoms with Gasteiger partial charge in [-0.25, -0.2) is 4.98 Å². The minimum Gasteiger partial charge on any atom is -0.379 e. The van der Waals surface area contributed by atoms with E-state index in [1.807, 2.05) is 48.2 Å². The van der Waals surface area contributed by atoms with E-state index in [0.29, 0.717) is 12.1 Å². The molecule has 0 spiro atoms. The van der Waals surface area contributed by atoms with E-state index in [0.717, 1.165) is 62.0 Å². The number of aryl methyl sites for hydroxylation is 1. The third-order valence-corrected chi connectivity index (χ3v) is 7.12. The number of rotatable bonds is 7. The van der Waals surface area contributed by atoms with Gasteiger partial charge >= 0.3 is 0 Å². The SMILES string of the molecule is CCC1C(C)C(Nc2cccc(C)n2)c2cc(C(=O)NCCN3CCOCC3)ccc2N1C(C)=O. The molecule has 0 radical (unpaired) electrons. The summed E-state index contributed by atoms with van der Waals surface area (Å²) >= 11 is 0. The van der Waals surface area contributed by atoms with Crippen LogP contribution in [0.1, 0.15) is 54.8 Å². The van der Waals surface area contributed by atoms with Crippen LogP contribution in [0.3, 0.4) is 0 Å². The number of fused-ring (bicyclic) bond motifs is 1. The highest BCUT2D eigenvalue weighted by Crippen LogP contribution is 2.43. The maximum absolute atomic E-state index is 13.0. The molecule has 8 nitrogen and oxygen atoms in total. The van der Waals surface area contributed by atoms with Crippen LogP contribution in [0, 0.1) is 12.8 Å². The fraction of sp³-hybridized carbons (Fsp3) is 0.519. The summed E-state index contributed by atoms with van der Waals surface area (Å²) in [6.45, 7) is 12.5. The number of nitrogens with one attached hydrogen (secondary N) is 2. The first-order valence-corrected chi connectivity index (χ1v) is 12.6. The van der Waals surface area contributed by atoms with Gasteiger partial charge in [0.2, 0.25) is 5.91 Å². The molecule has 0 aliphatic carbocycles. The van der Waals surface area contributed by atoms with Crippen LogP contribution in [0.2, 0.25) is 0 Å². The van der Waals surface area contributed by atoms with Crippen LogP contribution in [0.5, 0.6) is 0 Å². The van der Waals surface area contributed by atoms with Crippen LogP contribution in [0.25, 0.3) is 0 Å². The van der Waals surface area contributed by atoms with E-state index in [1.54, 1.807) is 6.92 Å². The van der Waals surface area contributed by atoms with Crippen molar-refractivity contribution >= 4 is 23.3 Å². The Morgan fingerprint density at radius 1 is 1.17 bits per heavy atom. The van der Waals surface area contributed by atoms with Crippen LogP contribution in [-0.2, 0) is 9.53 Å². The second-order valence-corrected chi connectivity index (χ2v) is 9.49. The van der Waals surface area contributed by atoms with E-state index < -0.39 is 0 Å². The lowest BCUT2D eigenvalue weighted by Crippen LogP contribution is -2.49. The zero-order valence-corrected chi connectivity index (χ0v) is 21.2. The highest BCUT2D eigenvalue weighted by Gasteiger charge is 2.40. The molecule has 0 saturated carbocycles. The molecule has 3 atom stereocenters. The van der Waals surface area contributed by atoms with Crippen molar-refractivity contribution in [3.63, 3.8) is 0 Å². The van der Waals surface area contributed by atoms with Gasteiger partial charge in [-0.1, -0.05) is 19.9 Å². The summed E-state index contributed by atoms with van der Waals surface area (Å²) in [5.41, 5.74) is 3.34. The van der Waals surface area contributed by atoms with Gasteiger partial charge in [0.05, 0.1) is 19.3 Å². The molecular weight excluding hydrogens is 442 g/mol. The van der Waals surface area contributed by atoms with Crippen LogP contribution in [-0.4, -0.2) is 67.1 Å². The maximum Gasteiger partial charge on any atom is 0.251 e. The van der Waals surface area contributed by atoms with Gasteiger partial charge in [0.25, 0.3) is 5.91 Å². The molecule has 1 aromatic heterocycles. The number of benzene rings is 1. The van der Waals surface area contributed by atoms with E-state index in [-0.39, 0.29) is 29.8 Å². The second kappa shape index (κ2) is 11.2. The molecule has 1 fully saturated rings. The summed E-state index contributed by atoms with van der Waals surface area (Å²) in [5, 5.41) is 6.66. The number of hydrogen-bond acceptors (Lipinski definition) is 6. The van der Waals surface area contributed by atoms with Crippen molar-refractivity contribution in [1.29, 1.82) is 0 Å². The molecule has 2 amide bonds. The lowest BCUT2D eigenvalue weighted by molar-refractivity contribution is -0.117. The summed E-state index contributed by atoms with van der Waals surface area (Å²) < 4.78 is 5.39. The number of ether oxygens (including phenoxy) is 1. The Bertz CT molecular complexity index is 1050. The van der Waals surface area contributed by atoms with Gasteiger partial charge in [-0.15, -0.1) is 0 Å². The summed E-state index contributed by atoms with van der Waals surface area (Å²) in [5.74, 6) is 0.825. The summed E-state index contributed by atoms with van der Waals surface area (Å²) in [7, 11) is 0. The highest BCUT2D eigenvalue weighted by atomic mass is 16.5. The summed E-state index contributed by atoms with van der Waals surface area (Å²) in [4.78, 5) is 34.6. The lowest BCUT2D eigenvalue weighted by atomic mass is 9.80. The van der Waals surface area contributed by atoms with Crippen molar-refractivity contribution in [3.05, 3.63) is 53.2 Å². The molecule has 3 unspecified atom stereocenters. The first-order chi connectivity index (χ1) is 16.9. The van der Waals surface area contributed by atoms with Crippen LogP contribution < -0.4 is 15.5 Å². The van der Waals surface area contributed by atoms with E-state index in [9.17, 15) is 9.59 Å². The number of amides is 2. The third-order valence-electron chi connectivity index (χ3n) is 7.12. The Labute approximate surface area is 208 Å². The average Bonchev–Trinajstić information content (AvgIpc) is 2.85. The van der Waals surface area contributed by atoms with Crippen molar-refractivity contribution in [1.82, 2.24) is 15.2 Å². The van der Waals surface area contributed by atoms with Crippen LogP contribution in [0.4, 0.5) is 11.5 Å². The Balaban J connectivity index is 1.60. The number of carbonyl (C=O) groups is 2. The van der Waals surface area contributed by atoms with Gasteiger partial charge < -0.3 is 20.3 Å². The van der Waals surface area contributed by atoms with Gasteiger partial charge in [0.15, 0.2) is 0 Å². The van der Waals surface area contributed by atoms with E-state index >= 15 is 0 Å². The fourth-order valence-electron chi connectivity index (χ4n) is 5.29.